The Morgan fingerprint density at radius 3 is 2.56 bits per heavy atom. The van der Waals surface area contributed by atoms with Gasteiger partial charge >= 0.3 is 0 Å². The maximum absolute atomic E-state index is 13.3. The van der Waals surface area contributed by atoms with Crippen molar-refractivity contribution >= 4 is 58.0 Å². The molecular formula is C18H15Cl3N2O2. The number of nitrogens with zero attached hydrogens (tertiary/aromatic N) is 1. The normalized spacial score (nSPS) is 16.6. The van der Waals surface area contributed by atoms with Crippen molar-refractivity contribution in [1.82, 2.24) is 0 Å². The van der Waals surface area contributed by atoms with Gasteiger partial charge in [-0.25, -0.2) is 0 Å². The first-order chi connectivity index (χ1) is 11.8. The molecule has 0 aliphatic carbocycles. The minimum atomic E-state index is -0.670. The Kier molecular flexibility index (Phi) is 4.96. The number of halogens is 3. The minimum absolute atomic E-state index is 0.106. The van der Waals surface area contributed by atoms with Crippen LogP contribution >= 0.6 is 34.8 Å². The highest BCUT2D eigenvalue weighted by Crippen LogP contribution is 2.38. The van der Waals surface area contributed by atoms with Crippen LogP contribution in [0, 0.1) is 5.92 Å². The molecule has 0 bridgehead atoms. The van der Waals surface area contributed by atoms with Crippen LogP contribution in [-0.4, -0.2) is 17.9 Å². The second-order valence-electron chi connectivity index (χ2n) is 6.12. The van der Waals surface area contributed by atoms with Crippen LogP contribution in [0.25, 0.3) is 0 Å². The predicted molar refractivity (Wildman–Crippen MR) is 102 cm³/mol. The van der Waals surface area contributed by atoms with E-state index in [2.05, 4.69) is 5.32 Å². The first-order valence-corrected chi connectivity index (χ1v) is 8.82. The van der Waals surface area contributed by atoms with Gasteiger partial charge in [0.25, 0.3) is 5.91 Å². The van der Waals surface area contributed by atoms with Crippen LogP contribution in [0.1, 0.15) is 24.2 Å². The fourth-order valence-corrected chi connectivity index (χ4v) is 3.48. The summed E-state index contributed by atoms with van der Waals surface area (Å²) in [5, 5.41) is 3.73. The number of carbonyl (C=O) groups excluding carboxylic acids is 2. The summed E-state index contributed by atoms with van der Waals surface area (Å²) >= 11 is 18.3. The minimum Gasteiger partial charge on any atom is -0.322 e. The van der Waals surface area contributed by atoms with Crippen LogP contribution in [0.15, 0.2) is 36.4 Å². The zero-order valence-electron chi connectivity index (χ0n) is 13.5. The SMILES string of the molecule is CC(C)C1C(=O)Nc2cc(Cl)ccc2N1C(=O)c1cccc(Cl)c1Cl. The predicted octanol–water partition coefficient (Wildman–Crippen LogP) is 5.27. The van der Waals surface area contributed by atoms with Crippen LogP contribution in [0.3, 0.4) is 0 Å². The molecule has 0 fully saturated rings. The van der Waals surface area contributed by atoms with Gasteiger partial charge in [0.05, 0.1) is 27.0 Å². The Hall–Kier alpha value is -1.75. The molecule has 1 aliphatic heterocycles. The molecule has 0 radical (unpaired) electrons. The molecule has 0 aromatic heterocycles. The zero-order chi connectivity index (χ0) is 18.3. The van der Waals surface area contributed by atoms with Gasteiger partial charge in [0.1, 0.15) is 6.04 Å². The zero-order valence-corrected chi connectivity index (χ0v) is 15.8. The van der Waals surface area contributed by atoms with E-state index in [4.69, 9.17) is 34.8 Å². The van der Waals surface area contributed by atoms with E-state index in [9.17, 15) is 9.59 Å². The average Bonchev–Trinajstić information content (AvgIpc) is 2.55. The number of rotatable bonds is 2. The van der Waals surface area contributed by atoms with E-state index in [1.54, 1.807) is 36.4 Å². The Morgan fingerprint density at radius 1 is 1.16 bits per heavy atom. The summed E-state index contributed by atoms with van der Waals surface area (Å²) in [6, 6.07) is 9.19. The number of hydrogen-bond donors (Lipinski definition) is 1. The maximum Gasteiger partial charge on any atom is 0.260 e. The maximum atomic E-state index is 13.3. The number of hydrogen-bond acceptors (Lipinski definition) is 2. The smallest absolute Gasteiger partial charge is 0.260 e. The summed E-state index contributed by atoms with van der Waals surface area (Å²) in [5.41, 5.74) is 1.31. The second-order valence-corrected chi connectivity index (χ2v) is 7.34. The van der Waals surface area contributed by atoms with Gasteiger partial charge in [0, 0.05) is 5.02 Å². The molecular weight excluding hydrogens is 383 g/mol. The van der Waals surface area contributed by atoms with Gasteiger partial charge in [-0.1, -0.05) is 54.7 Å². The Bertz CT molecular complexity index is 867. The average molecular weight is 398 g/mol. The highest BCUT2D eigenvalue weighted by molar-refractivity contribution is 6.44. The van der Waals surface area contributed by atoms with Gasteiger partial charge in [-0.3, -0.25) is 14.5 Å². The number of nitrogens with one attached hydrogen (secondary N) is 1. The third kappa shape index (κ3) is 3.22. The molecule has 0 spiro atoms. The van der Waals surface area contributed by atoms with Gasteiger partial charge in [-0.2, -0.15) is 0 Å². The largest absolute Gasteiger partial charge is 0.322 e. The van der Waals surface area contributed by atoms with Crippen molar-refractivity contribution < 1.29 is 9.59 Å². The summed E-state index contributed by atoms with van der Waals surface area (Å²) in [4.78, 5) is 27.3. The van der Waals surface area contributed by atoms with E-state index in [0.29, 0.717) is 16.4 Å². The van der Waals surface area contributed by atoms with Crippen molar-refractivity contribution in [2.45, 2.75) is 19.9 Å². The molecule has 2 amide bonds. The molecule has 1 N–H and O–H groups in total. The molecule has 0 saturated heterocycles. The summed E-state index contributed by atoms with van der Waals surface area (Å²) in [6.07, 6.45) is 0. The highest BCUT2D eigenvalue weighted by atomic mass is 35.5. The van der Waals surface area contributed by atoms with Gasteiger partial charge in [-0.15, -0.1) is 0 Å². The first kappa shape index (κ1) is 18.1. The molecule has 1 aliphatic rings. The fourth-order valence-electron chi connectivity index (χ4n) is 2.93. The number of anilines is 2. The summed E-state index contributed by atoms with van der Waals surface area (Å²) in [5.74, 6) is -0.758. The lowest BCUT2D eigenvalue weighted by atomic mass is 9.96. The van der Waals surface area contributed by atoms with E-state index in [0.717, 1.165) is 0 Å². The van der Waals surface area contributed by atoms with E-state index >= 15 is 0 Å². The van der Waals surface area contributed by atoms with Gasteiger partial charge in [0.2, 0.25) is 5.91 Å². The van der Waals surface area contributed by atoms with Gasteiger partial charge in [-0.05, 0) is 36.2 Å². The molecule has 7 heteroatoms. The summed E-state index contributed by atoms with van der Waals surface area (Å²) in [7, 11) is 0. The molecule has 25 heavy (non-hydrogen) atoms. The number of amides is 2. The lowest BCUT2D eigenvalue weighted by Gasteiger charge is -2.38. The van der Waals surface area contributed by atoms with Crippen molar-refractivity contribution in [3.63, 3.8) is 0 Å². The highest BCUT2D eigenvalue weighted by Gasteiger charge is 2.39. The lowest BCUT2D eigenvalue weighted by molar-refractivity contribution is -0.118. The van der Waals surface area contributed by atoms with Crippen molar-refractivity contribution in [3.8, 4) is 0 Å². The Balaban J connectivity index is 2.17. The van der Waals surface area contributed by atoms with Crippen molar-refractivity contribution in [1.29, 1.82) is 0 Å². The standard InChI is InChI=1S/C18H15Cl3N2O2/c1-9(2)16-17(24)22-13-8-10(19)6-7-14(13)23(16)18(25)11-4-3-5-12(20)15(11)21/h3-9,16H,1-2H3,(H,22,24). The van der Waals surface area contributed by atoms with Crippen molar-refractivity contribution in [2.24, 2.45) is 5.92 Å². The number of benzene rings is 2. The van der Waals surface area contributed by atoms with Crippen LogP contribution in [0.4, 0.5) is 11.4 Å². The molecule has 4 nitrogen and oxygen atoms in total. The van der Waals surface area contributed by atoms with Crippen LogP contribution in [0.5, 0.6) is 0 Å². The first-order valence-electron chi connectivity index (χ1n) is 7.69. The third-order valence-electron chi connectivity index (χ3n) is 4.06. The Morgan fingerprint density at radius 2 is 1.88 bits per heavy atom. The molecule has 1 atom stereocenters. The molecule has 1 heterocycles. The number of carbonyl (C=O) groups is 2. The third-order valence-corrected chi connectivity index (χ3v) is 5.11. The van der Waals surface area contributed by atoms with Crippen LogP contribution < -0.4 is 10.2 Å². The molecule has 130 valence electrons. The van der Waals surface area contributed by atoms with Crippen LogP contribution in [0.2, 0.25) is 15.1 Å². The fraction of sp³-hybridized carbons (Fsp3) is 0.222. The topological polar surface area (TPSA) is 49.4 Å². The van der Waals surface area contributed by atoms with Crippen LogP contribution in [-0.2, 0) is 4.79 Å². The quantitative estimate of drug-likeness (QED) is 0.750. The molecule has 2 aromatic rings. The summed E-state index contributed by atoms with van der Waals surface area (Å²) in [6.45, 7) is 3.76. The van der Waals surface area contributed by atoms with Gasteiger partial charge < -0.3 is 5.32 Å². The second kappa shape index (κ2) is 6.87. The van der Waals surface area contributed by atoms with Crippen molar-refractivity contribution in [3.05, 3.63) is 57.0 Å². The van der Waals surface area contributed by atoms with E-state index in [1.165, 1.54) is 4.90 Å². The van der Waals surface area contributed by atoms with E-state index < -0.39 is 6.04 Å². The Labute approximate surface area is 160 Å². The van der Waals surface area contributed by atoms with Gasteiger partial charge in [0.15, 0.2) is 0 Å². The molecule has 3 rings (SSSR count). The number of fused-ring (bicyclic) bond motifs is 1. The van der Waals surface area contributed by atoms with E-state index in [-0.39, 0.29) is 33.3 Å². The lowest BCUT2D eigenvalue weighted by Crippen LogP contribution is -2.53. The van der Waals surface area contributed by atoms with E-state index in [1.807, 2.05) is 13.8 Å². The monoisotopic (exact) mass is 396 g/mol. The molecule has 2 aromatic carbocycles. The van der Waals surface area contributed by atoms with Crippen molar-refractivity contribution in [2.75, 3.05) is 10.2 Å². The summed E-state index contributed by atoms with van der Waals surface area (Å²) < 4.78 is 0. The molecule has 0 saturated carbocycles. The molecule has 1 unspecified atom stereocenters.